The van der Waals surface area contributed by atoms with Crippen LogP contribution in [-0.4, -0.2) is 54.8 Å². The van der Waals surface area contributed by atoms with Gasteiger partial charge >= 0.3 is 18.0 Å². The maximum absolute atomic E-state index is 11.5. The summed E-state index contributed by atoms with van der Waals surface area (Å²) in [5, 5.41) is 34.4. The Hall–Kier alpha value is -2.72. The zero-order valence-corrected chi connectivity index (χ0v) is 9.82. The molecule has 1 aromatic heterocycles. The summed E-state index contributed by atoms with van der Waals surface area (Å²) in [6.45, 7) is 1.55. The molecule has 1 heterocycles. The Bertz CT molecular complexity index is 460. The second kappa shape index (κ2) is 6.28. The monoisotopic (exact) mass is 272 g/mol. The number of nitrogens with one attached hydrogen (secondary N) is 3. The highest BCUT2D eigenvalue weighted by molar-refractivity contribution is 5.86. The van der Waals surface area contributed by atoms with Crippen LogP contribution in [0.1, 0.15) is 25.2 Å². The molecule has 19 heavy (non-hydrogen) atoms. The highest BCUT2D eigenvalue weighted by Gasteiger charge is 2.24. The minimum Gasteiger partial charge on any atom is -0.481 e. The van der Waals surface area contributed by atoms with E-state index in [-0.39, 0.29) is 5.82 Å². The normalized spacial score (nSPS) is 13.3. The summed E-state index contributed by atoms with van der Waals surface area (Å²) in [5.74, 6) is -2.57. The van der Waals surface area contributed by atoms with Gasteiger partial charge in [-0.1, -0.05) is 5.21 Å². The van der Waals surface area contributed by atoms with E-state index in [9.17, 15) is 14.4 Å². The van der Waals surface area contributed by atoms with Crippen molar-refractivity contribution in [2.45, 2.75) is 25.4 Å². The van der Waals surface area contributed by atoms with Gasteiger partial charge in [0.2, 0.25) is 0 Å². The Morgan fingerprint density at radius 1 is 1.32 bits per heavy atom. The molecule has 0 aliphatic carbocycles. The fraction of sp³-hybridized carbons (Fsp3) is 0.500. The first-order valence-electron chi connectivity index (χ1n) is 5.15. The molecule has 11 heteroatoms. The van der Waals surface area contributed by atoms with Crippen LogP contribution in [-0.2, 0) is 9.59 Å². The summed E-state index contributed by atoms with van der Waals surface area (Å²) in [6, 6.07) is -2.97. The van der Waals surface area contributed by atoms with Crippen molar-refractivity contribution in [3.8, 4) is 0 Å². The molecule has 0 spiro atoms. The minimum absolute atomic E-state index is 0.209. The van der Waals surface area contributed by atoms with Gasteiger partial charge in [-0.05, 0) is 6.92 Å². The topological polar surface area (TPSA) is 170 Å². The van der Waals surface area contributed by atoms with Crippen LogP contribution in [0.3, 0.4) is 0 Å². The van der Waals surface area contributed by atoms with E-state index in [1.165, 1.54) is 0 Å². The molecule has 1 rings (SSSR count). The molecule has 0 aliphatic heterocycles. The van der Waals surface area contributed by atoms with Gasteiger partial charge < -0.3 is 20.8 Å². The molecule has 2 atom stereocenters. The molecular weight excluding hydrogens is 260 g/mol. The number of carboxylic acids is 2. The number of rotatable bonds is 6. The van der Waals surface area contributed by atoms with Crippen molar-refractivity contribution in [2.24, 2.45) is 0 Å². The van der Waals surface area contributed by atoms with Crippen molar-refractivity contribution in [1.29, 1.82) is 0 Å². The van der Waals surface area contributed by atoms with E-state index in [0.29, 0.717) is 0 Å². The lowest BCUT2D eigenvalue weighted by Crippen LogP contribution is -2.47. The zero-order chi connectivity index (χ0) is 14.4. The number of amides is 2. The van der Waals surface area contributed by atoms with E-state index in [0.717, 1.165) is 0 Å². The Labute approximate surface area is 106 Å². The van der Waals surface area contributed by atoms with Crippen LogP contribution < -0.4 is 10.6 Å². The van der Waals surface area contributed by atoms with Crippen LogP contribution in [0.25, 0.3) is 0 Å². The number of carbonyl (C=O) groups is 3. The first kappa shape index (κ1) is 14.3. The molecule has 0 aliphatic rings. The molecule has 5 N–H and O–H groups in total. The molecular formula is C8H12N6O5. The quantitative estimate of drug-likeness (QED) is 0.416. The number of urea groups is 1. The van der Waals surface area contributed by atoms with Gasteiger partial charge in [-0.3, -0.25) is 4.79 Å². The molecule has 104 valence electrons. The van der Waals surface area contributed by atoms with Crippen molar-refractivity contribution in [3.63, 3.8) is 0 Å². The van der Waals surface area contributed by atoms with Crippen LogP contribution >= 0.6 is 0 Å². The van der Waals surface area contributed by atoms with Crippen LogP contribution in [0.5, 0.6) is 0 Å². The maximum Gasteiger partial charge on any atom is 0.326 e. The van der Waals surface area contributed by atoms with Gasteiger partial charge in [0.25, 0.3) is 0 Å². The first-order valence-corrected chi connectivity index (χ1v) is 5.15. The molecule has 0 saturated carbocycles. The molecule has 0 aromatic carbocycles. The first-order chi connectivity index (χ1) is 8.90. The average Bonchev–Trinajstić information content (AvgIpc) is 2.80. The summed E-state index contributed by atoms with van der Waals surface area (Å²) in [7, 11) is 0. The Morgan fingerprint density at radius 2 is 2.00 bits per heavy atom. The highest BCUT2D eigenvalue weighted by atomic mass is 16.4. The Kier molecular flexibility index (Phi) is 4.74. The Morgan fingerprint density at radius 3 is 2.47 bits per heavy atom. The fourth-order valence-corrected chi connectivity index (χ4v) is 1.19. The number of aromatic amines is 1. The lowest BCUT2D eigenvalue weighted by atomic mass is 10.2. The number of hydrogen-bond donors (Lipinski definition) is 5. The summed E-state index contributed by atoms with van der Waals surface area (Å²) < 4.78 is 0. The summed E-state index contributed by atoms with van der Waals surface area (Å²) in [5.41, 5.74) is 0. The molecule has 2 amide bonds. The number of aliphatic carboxylic acids is 2. The predicted octanol–water partition coefficient (Wildman–Crippen LogP) is -1.51. The van der Waals surface area contributed by atoms with E-state index in [2.05, 4.69) is 25.9 Å². The van der Waals surface area contributed by atoms with Gasteiger partial charge in [0.15, 0.2) is 5.82 Å². The van der Waals surface area contributed by atoms with E-state index in [1.54, 1.807) is 6.92 Å². The molecule has 0 bridgehead atoms. The lowest BCUT2D eigenvalue weighted by Gasteiger charge is -2.15. The molecule has 11 nitrogen and oxygen atoms in total. The van der Waals surface area contributed by atoms with Crippen molar-refractivity contribution in [2.75, 3.05) is 0 Å². The van der Waals surface area contributed by atoms with Crippen LogP contribution in [0.15, 0.2) is 0 Å². The smallest absolute Gasteiger partial charge is 0.326 e. The van der Waals surface area contributed by atoms with Gasteiger partial charge in [-0.25, -0.2) is 9.59 Å². The average molecular weight is 272 g/mol. The zero-order valence-electron chi connectivity index (χ0n) is 9.82. The van der Waals surface area contributed by atoms with E-state index < -0.39 is 36.5 Å². The molecule has 1 aromatic rings. The third kappa shape index (κ3) is 4.57. The number of carbonyl (C=O) groups excluding carboxylic acids is 1. The van der Waals surface area contributed by atoms with Crippen LogP contribution in [0.4, 0.5) is 4.79 Å². The van der Waals surface area contributed by atoms with Gasteiger partial charge in [-0.15, -0.1) is 10.2 Å². The van der Waals surface area contributed by atoms with Gasteiger partial charge in [-0.2, -0.15) is 5.21 Å². The number of hydrogen-bond acceptors (Lipinski definition) is 6. The minimum atomic E-state index is -1.52. The maximum atomic E-state index is 11.5. The van der Waals surface area contributed by atoms with Crippen molar-refractivity contribution >= 4 is 18.0 Å². The number of nitrogens with zero attached hydrogens (tertiary/aromatic N) is 3. The summed E-state index contributed by atoms with van der Waals surface area (Å²) in [6.07, 6.45) is -0.723. The second-order valence-corrected chi connectivity index (χ2v) is 3.60. The van der Waals surface area contributed by atoms with Gasteiger partial charge in [0.1, 0.15) is 6.04 Å². The van der Waals surface area contributed by atoms with Crippen LogP contribution in [0, 0.1) is 0 Å². The van der Waals surface area contributed by atoms with Gasteiger partial charge in [0, 0.05) is 0 Å². The lowest BCUT2D eigenvalue weighted by molar-refractivity contribution is -0.145. The molecule has 0 saturated heterocycles. The number of aromatic nitrogens is 4. The molecule has 1 unspecified atom stereocenters. The van der Waals surface area contributed by atoms with Crippen LogP contribution in [0.2, 0.25) is 0 Å². The van der Waals surface area contributed by atoms with Crippen molar-refractivity contribution in [1.82, 2.24) is 31.3 Å². The van der Waals surface area contributed by atoms with Gasteiger partial charge in [0.05, 0.1) is 12.5 Å². The third-order valence-corrected chi connectivity index (χ3v) is 2.08. The van der Waals surface area contributed by atoms with Crippen molar-refractivity contribution in [3.05, 3.63) is 5.82 Å². The number of carboxylic acid groups (broad SMARTS) is 2. The standard InChI is InChI=1S/C8H12N6O5/c1-3(6-11-13-14-12-6)9-8(19)10-4(7(17)18)2-5(15)16/h3-4H,2H2,1H3,(H,15,16)(H,17,18)(H2,9,10,19)(H,11,12,13,14)/t3?,4-/m1/s1. The largest absolute Gasteiger partial charge is 0.481 e. The van der Waals surface area contributed by atoms with E-state index in [1.807, 2.05) is 5.32 Å². The predicted molar refractivity (Wildman–Crippen MR) is 57.9 cm³/mol. The third-order valence-electron chi connectivity index (χ3n) is 2.08. The second-order valence-electron chi connectivity index (χ2n) is 3.60. The summed E-state index contributed by atoms with van der Waals surface area (Å²) >= 11 is 0. The van der Waals surface area contributed by atoms with Crippen molar-refractivity contribution < 1.29 is 24.6 Å². The Balaban J connectivity index is 2.53. The highest BCUT2D eigenvalue weighted by Crippen LogP contribution is 2.02. The molecule has 0 radical (unpaired) electrons. The fourth-order valence-electron chi connectivity index (χ4n) is 1.19. The molecule has 0 fully saturated rings. The number of H-pyrrole nitrogens is 1. The van der Waals surface area contributed by atoms with E-state index >= 15 is 0 Å². The number of tetrazole rings is 1. The van der Waals surface area contributed by atoms with E-state index in [4.69, 9.17) is 10.2 Å². The summed E-state index contributed by atoms with van der Waals surface area (Å²) in [4.78, 5) is 32.7. The SMILES string of the molecule is CC(NC(=O)N[C@H](CC(=O)O)C(=O)O)c1nn[nH]n1.